The van der Waals surface area contributed by atoms with E-state index in [4.69, 9.17) is 14.7 Å². The smallest absolute Gasteiger partial charge is 0.163 e. The maximum absolute atomic E-state index is 11.2. The molecule has 1 saturated carbocycles. The van der Waals surface area contributed by atoms with E-state index in [2.05, 4.69) is 17.4 Å². The Morgan fingerprint density at radius 3 is 2.30 bits per heavy atom. The highest BCUT2D eigenvalue weighted by Crippen LogP contribution is 2.50. The predicted octanol–water partition coefficient (Wildman–Crippen LogP) is 2.61. The molecule has 2 aromatic carbocycles. The summed E-state index contributed by atoms with van der Waals surface area (Å²) in [5.41, 5.74) is 4.04. The third-order valence-corrected chi connectivity index (χ3v) is 6.13. The van der Waals surface area contributed by atoms with Gasteiger partial charge in [0.05, 0.1) is 20.3 Å². The van der Waals surface area contributed by atoms with E-state index < -0.39 is 5.23 Å². The van der Waals surface area contributed by atoms with Crippen molar-refractivity contribution in [3.8, 4) is 11.5 Å². The maximum atomic E-state index is 11.2. The Kier molecular flexibility index (Phi) is 4.82. The van der Waals surface area contributed by atoms with Crippen LogP contribution in [0.15, 0.2) is 36.4 Å². The van der Waals surface area contributed by atoms with Crippen molar-refractivity contribution in [3.63, 3.8) is 0 Å². The van der Waals surface area contributed by atoms with E-state index in [1.807, 2.05) is 12.1 Å². The second kappa shape index (κ2) is 7.13. The summed E-state index contributed by atoms with van der Waals surface area (Å²) in [6.45, 7) is 0.917. The Morgan fingerprint density at radius 2 is 1.70 bits per heavy atom. The summed E-state index contributed by atoms with van der Waals surface area (Å²) in [6.07, 6.45) is 4.83. The van der Waals surface area contributed by atoms with Gasteiger partial charge in [-0.2, -0.15) is 5.23 Å². The van der Waals surface area contributed by atoms with E-state index in [-0.39, 0.29) is 11.5 Å². The monoisotopic (exact) mass is 370 g/mol. The number of benzene rings is 2. The molecule has 27 heavy (non-hydrogen) atoms. The molecule has 1 spiro atoms. The minimum absolute atomic E-state index is 0.00822. The van der Waals surface area contributed by atoms with Crippen LogP contribution in [0.2, 0.25) is 0 Å². The molecule has 6 nitrogen and oxygen atoms in total. The molecule has 0 aromatic heterocycles. The van der Waals surface area contributed by atoms with Crippen LogP contribution in [-0.4, -0.2) is 26.0 Å². The molecule has 2 atom stereocenters. The lowest BCUT2D eigenvalue weighted by Gasteiger charge is -2.41. The van der Waals surface area contributed by atoms with Gasteiger partial charge in [-0.3, -0.25) is 0 Å². The number of methoxy groups -OCH3 is 2. The van der Waals surface area contributed by atoms with E-state index in [1.54, 1.807) is 26.4 Å². The van der Waals surface area contributed by atoms with Crippen LogP contribution in [0, 0.1) is 5.21 Å². The van der Waals surface area contributed by atoms with Gasteiger partial charge in [-0.1, -0.05) is 25.0 Å². The molecular weight excluding hydrogens is 344 g/mol. The fourth-order valence-electron chi connectivity index (χ4n) is 4.71. The number of hydrogen-bond donors (Lipinski definition) is 3. The molecule has 6 heteroatoms. The standard InChI is InChI=1S/C21H26N2O4/c1-26-18-11-16-17(12-19(18)27-2)21(9-3-4-10-21)13-22-20(16)14-5-7-15(8-6-14)23(24)25/h5-8,11-12,20,22-24H,3-4,9-10,13H2,1-2H3/t20-/m0/s1. The second-order valence-corrected chi connectivity index (χ2v) is 7.52. The quantitative estimate of drug-likeness (QED) is 0.721. The van der Waals surface area contributed by atoms with Crippen molar-refractivity contribution in [1.82, 2.24) is 5.32 Å². The lowest BCUT2D eigenvalue weighted by atomic mass is 9.71. The number of fused-ring (bicyclic) bond motifs is 2. The zero-order chi connectivity index (χ0) is 19.0. The van der Waals surface area contributed by atoms with Gasteiger partial charge in [0.15, 0.2) is 17.2 Å². The van der Waals surface area contributed by atoms with Crippen LogP contribution in [0.25, 0.3) is 0 Å². The minimum atomic E-state index is -0.908. The topological polar surface area (TPSA) is 78.2 Å². The number of nitrogens with one attached hydrogen (secondary N) is 2. The number of ether oxygens (including phenoxy) is 2. The van der Waals surface area contributed by atoms with E-state index in [9.17, 15) is 5.21 Å². The SMILES string of the molecule is COc1cc2c(cc1OC)C1(CCCC1)CN[C@H]2c1ccc([NH+]([O-])O)cc1. The van der Waals surface area contributed by atoms with E-state index in [1.165, 1.54) is 36.8 Å². The van der Waals surface area contributed by atoms with Gasteiger partial charge in [0.25, 0.3) is 0 Å². The Hall–Kier alpha value is -2.12. The van der Waals surface area contributed by atoms with Gasteiger partial charge in [-0.05, 0) is 41.7 Å². The van der Waals surface area contributed by atoms with Crippen molar-refractivity contribution >= 4 is 5.69 Å². The first-order chi connectivity index (χ1) is 13.1. The molecule has 4 rings (SSSR count). The van der Waals surface area contributed by atoms with Gasteiger partial charge in [0, 0.05) is 24.1 Å². The van der Waals surface area contributed by atoms with Gasteiger partial charge in [-0.25, -0.2) is 5.21 Å². The van der Waals surface area contributed by atoms with E-state index in [0.29, 0.717) is 5.69 Å². The van der Waals surface area contributed by atoms with Crippen LogP contribution < -0.4 is 20.0 Å². The summed E-state index contributed by atoms with van der Waals surface area (Å²) in [4.78, 5) is 0. The maximum Gasteiger partial charge on any atom is 0.163 e. The van der Waals surface area contributed by atoms with Crippen molar-refractivity contribution in [1.29, 1.82) is 0 Å². The average Bonchev–Trinajstić information content (AvgIpc) is 3.17. The van der Waals surface area contributed by atoms with Gasteiger partial charge >= 0.3 is 0 Å². The second-order valence-electron chi connectivity index (χ2n) is 7.52. The average molecular weight is 370 g/mol. The summed E-state index contributed by atoms with van der Waals surface area (Å²) in [7, 11) is 3.33. The van der Waals surface area contributed by atoms with Gasteiger partial charge in [0.1, 0.15) is 0 Å². The Bertz CT molecular complexity index is 814. The van der Waals surface area contributed by atoms with Crippen LogP contribution in [0.4, 0.5) is 5.69 Å². The fraction of sp³-hybridized carbons (Fsp3) is 0.429. The molecule has 0 radical (unpaired) electrons. The zero-order valence-electron chi connectivity index (χ0n) is 15.7. The normalized spacial score (nSPS) is 21.7. The van der Waals surface area contributed by atoms with Crippen LogP contribution in [0.1, 0.15) is 48.4 Å². The summed E-state index contributed by atoms with van der Waals surface area (Å²) in [6, 6.07) is 11.4. The molecule has 0 amide bonds. The van der Waals surface area contributed by atoms with Crippen LogP contribution in [0.3, 0.4) is 0 Å². The van der Waals surface area contributed by atoms with Crippen molar-refractivity contribution in [2.45, 2.75) is 37.1 Å². The molecule has 3 N–H and O–H groups in total. The van der Waals surface area contributed by atoms with Crippen molar-refractivity contribution < 1.29 is 19.9 Å². The fourth-order valence-corrected chi connectivity index (χ4v) is 4.71. The molecule has 144 valence electrons. The summed E-state index contributed by atoms with van der Waals surface area (Å²) >= 11 is 0. The summed E-state index contributed by atoms with van der Waals surface area (Å²) in [5, 5.41) is 23.1. The molecule has 2 aromatic rings. The summed E-state index contributed by atoms with van der Waals surface area (Å²) < 4.78 is 11.1. The first-order valence-electron chi connectivity index (χ1n) is 9.41. The predicted molar refractivity (Wildman–Crippen MR) is 102 cm³/mol. The Balaban J connectivity index is 1.82. The van der Waals surface area contributed by atoms with Crippen LogP contribution >= 0.6 is 0 Å². The molecular formula is C21H26N2O4. The lowest BCUT2D eigenvalue weighted by Crippen LogP contribution is -2.99. The molecule has 0 saturated heterocycles. The lowest BCUT2D eigenvalue weighted by molar-refractivity contribution is -0.991. The van der Waals surface area contributed by atoms with E-state index in [0.717, 1.165) is 23.6 Å². The van der Waals surface area contributed by atoms with E-state index >= 15 is 0 Å². The highest BCUT2D eigenvalue weighted by molar-refractivity contribution is 5.55. The zero-order valence-corrected chi connectivity index (χ0v) is 15.7. The van der Waals surface area contributed by atoms with Crippen molar-refractivity contribution in [2.75, 3.05) is 20.8 Å². The molecule has 1 heterocycles. The minimum Gasteiger partial charge on any atom is -0.595 e. The van der Waals surface area contributed by atoms with Crippen molar-refractivity contribution in [3.05, 3.63) is 58.3 Å². The molecule has 1 unspecified atom stereocenters. The highest BCUT2D eigenvalue weighted by Gasteiger charge is 2.42. The van der Waals surface area contributed by atoms with Crippen molar-refractivity contribution in [2.24, 2.45) is 0 Å². The number of hydrogen-bond acceptors (Lipinski definition) is 5. The third kappa shape index (κ3) is 3.08. The largest absolute Gasteiger partial charge is 0.595 e. The van der Waals surface area contributed by atoms with Gasteiger partial charge in [0.2, 0.25) is 0 Å². The molecule has 1 fully saturated rings. The molecule has 0 bridgehead atoms. The number of rotatable bonds is 4. The highest BCUT2D eigenvalue weighted by atomic mass is 16.8. The first kappa shape index (κ1) is 18.3. The molecule has 1 aliphatic heterocycles. The number of quaternary nitrogens is 1. The summed E-state index contributed by atoms with van der Waals surface area (Å²) in [5.74, 6) is 1.49. The van der Waals surface area contributed by atoms with Crippen LogP contribution in [-0.2, 0) is 5.41 Å². The first-order valence-corrected chi connectivity index (χ1v) is 9.41. The Morgan fingerprint density at radius 1 is 1.07 bits per heavy atom. The molecule has 2 aliphatic rings. The van der Waals surface area contributed by atoms with Gasteiger partial charge in [-0.15, -0.1) is 0 Å². The molecule has 1 aliphatic carbocycles. The van der Waals surface area contributed by atoms with Crippen LogP contribution in [0.5, 0.6) is 11.5 Å². The Labute approximate surface area is 159 Å². The van der Waals surface area contributed by atoms with Gasteiger partial charge < -0.3 is 20.0 Å². The third-order valence-electron chi connectivity index (χ3n) is 6.13.